The highest BCUT2D eigenvalue weighted by Gasteiger charge is 2.41. The Morgan fingerprint density at radius 1 is 1.20 bits per heavy atom. The second kappa shape index (κ2) is 6.20. The molecular formula is C14H26F3N3. The zero-order valence-corrected chi connectivity index (χ0v) is 12.3. The predicted molar refractivity (Wildman–Crippen MR) is 73.5 cm³/mol. The van der Waals surface area contributed by atoms with Gasteiger partial charge in [-0.1, -0.05) is 19.8 Å². The van der Waals surface area contributed by atoms with E-state index < -0.39 is 12.7 Å². The fraction of sp³-hybridized carbons (Fsp3) is 1.00. The van der Waals surface area contributed by atoms with E-state index in [-0.39, 0.29) is 5.54 Å². The van der Waals surface area contributed by atoms with E-state index in [4.69, 9.17) is 5.73 Å². The fourth-order valence-corrected chi connectivity index (χ4v) is 3.87. The molecule has 1 aliphatic heterocycles. The van der Waals surface area contributed by atoms with Crippen LogP contribution in [0.5, 0.6) is 0 Å². The molecule has 2 fully saturated rings. The van der Waals surface area contributed by atoms with Crippen LogP contribution in [0, 0.1) is 5.92 Å². The first-order chi connectivity index (χ1) is 9.35. The Morgan fingerprint density at radius 3 is 2.35 bits per heavy atom. The molecule has 2 atom stereocenters. The number of nitrogens with zero attached hydrogens (tertiary/aromatic N) is 2. The van der Waals surface area contributed by atoms with E-state index in [1.807, 2.05) is 0 Å². The summed E-state index contributed by atoms with van der Waals surface area (Å²) in [5.74, 6) is 0.667. The van der Waals surface area contributed by atoms with Gasteiger partial charge in [0.25, 0.3) is 0 Å². The van der Waals surface area contributed by atoms with Gasteiger partial charge >= 0.3 is 6.18 Å². The van der Waals surface area contributed by atoms with E-state index in [0.29, 0.717) is 38.6 Å². The van der Waals surface area contributed by atoms with Crippen molar-refractivity contribution in [3.05, 3.63) is 0 Å². The van der Waals surface area contributed by atoms with Crippen LogP contribution >= 0.6 is 0 Å². The van der Waals surface area contributed by atoms with Crippen molar-refractivity contribution in [3.8, 4) is 0 Å². The smallest absolute Gasteiger partial charge is 0.329 e. The largest absolute Gasteiger partial charge is 0.401 e. The van der Waals surface area contributed by atoms with Crippen LogP contribution in [0.25, 0.3) is 0 Å². The maximum absolute atomic E-state index is 12.4. The van der Waals surface area contributed by atoms with Crippen molar-refractivity contribution in [2.45, 2.75) is 44.3 Å². The molecule has 0 spiro atoms. The summed E-state index contributed by atoms with van der Waals surface area (Å²) in [6.07, 6.45) is 0.514. The molecule has 118 valence electrons. The van der Waals surface area contributed by atoms with Crippen LogP contribution in [0.4, 0.5) is 13.2 Å². The van der Waals surface area contributed by atoms with Crippen molar-refractivity contribution < 1.29 is 13.2 Å². The zero-order chi connectivity index (χ0) is 14.8. The molecular weight excluding hydrogens is 267 g/mol. The Bertz CT molecular complexity index is 313. The molecule has 1 heterocycles. The van der Waals surface area contributed by atoms with Gasteiger partial charge < -0.3 is 5.73 Å². The topological polar surface area (TPSA) is 32.5 Å². The molecule has 20 heavy (non-hydrogen) atoms. The van der Waals surface area contributed by atoms with Gasteiger partial charge in [-0.15, -0.1) is 0 Å². The Hall–Kier alpha value is -0.330. The van der Waals surface area contributed by atoms with Crippen LogP contribution in [-0.2, 0) is 0 Å². The normalized spacial score (nSPS) is 34.4. The third-order valence-electron chi connectivity index (χ3n) is 4.89. The maximum atomic E-state index is 12.4. The van der Waals surface area contributed by atoms with Gasteiger partial charge in [0.15, 0.2) is 0 Å². The number of hydrogen-bond donors (Lipinski definition) is 1. The summed E-state index contributed by atoms with van der Waals surface area (Å²) in [5, 5.41) is 0. The first-order valence-corrected chi connectivity index (χ1v) is 7.59. The van der Waals surface area contributed by atoms with Gasteiger partial charge in [0.05, 0.1) is 6.54 Å². The molecule has 1 aliphatic carbocycles. The molecule has 1 saturated carbocycles. The SMILES string of the molecule is CC1CCCC(CN)(N2CCN(CC(F)(F)F)CC2)C1. The quantitative estimate of drug-likeness (QED) is 0.864. The molecule has 0 bridgehead atoms. The van der Waals surface area contributed by atoms with E-state index >= 15 is 0 Å². The monoisotopic (exact) mass is 293 g/mol. The average Bonchev–Trinajstić information content (AvgIpc) is 2.37. The van der Waals surface area contributed by atoms with Gasteiger partial charge in [0.2, 0.25) is 0 Å². The second-order valence-electron chi connectivity index (χ2n) is 6.51. The van der Waals surface area contributed by atoms with E-state index in [2.05, 4.69) is 11.8 Å². The third-order valence-corrected chi connectivity index (χ3v) is 4.89. The lowest BCUT2D eigenvalue weighted by molar-refractivity contribution is -0.151. The van der Waals surface area contributed by atoms with Crippen molar-refractivity contribution in [1.29, 1.82) is 0 Å². The molecule has 0 radical (unpaired) electrons. The molecule has 2 N–H and O–H groups in total. The molecule has 2 aliphatic rings. The summed E-state index contributed by atoms with van der Waals surface area (Å²) in [4.78, 5) is 3.86. The predicted octanol–water partition coefficient (Wildman–Crippen LogP) is 2.07. The summed E-state index contributed by atoms with van der Waals surface area (Å²) < 4.78 is 37.2. The highest BCUT2D eigenvalue weighted by Crippen LogP contribution is 2.36. The average molecular weight is 293 g/mol. The van der Waals surface area contributed by atoms with E-state index in [1.54, 1.807) is 0 Å². The van der Waals surface area contributed by atoms with Crippen molar-refractivity contribution in [3.63, 3.8) is 0 Å². The van der Waals surface area contributed by atoms with Crippen LogP contribution in [0.15, 0.2) is 0 Å². The van der Waals surface area contributed by atoms with E-state index in [1.165, 1.54) is 17.7 Å². The minimum absolute atomic E-state index is 0.0298. The first kappa shape index (κ1) is 16.0. The minimum Gasteiger partial charge on any atom is -0.329 e. The molecule has 3 nitrogen and oxygen atoms in total. The Balaban J connectivity index is 1.91. The van der Waals surface area contributed by atoms with Crippen LogP contribution in [0.2, 0.25) is 0 Å². The standard InChI is InChI=1S/C14H26F3N3/c1-12-3-2-4-13(9-12,10-18)20-7-5-19(6-8-20)11-14(15,16)17/h12H,2-11,18H2,1H3. The van der Waals surface area contributed by atoms with Gasteiger partial charge in [-0.3, -0.25) is 9.80 Å². The molecule has 0 aromatic rings. The summed E-state index contributed by atoms with van der Waals surface area (Å²) in [5.41, 5.74) is 6.06. The minimum atomic E-state index is -4.09. The summed E-state index contributed by atoms with van der Waals surface area (Å²) >= 11 is 0. The molecule has 6 heteroatoms. The highest BCUT2D eigenvalue weighted by molar-refractivity contribution is 4.97. The van der Waals surface area contributed by atoms with Crippen LogP contribution in [-0.4, -0.2) is 60.8 Å². The van der Waals surface area contributed by atoms with Crippen molar-refractivity contribution in [2.24, 2.45) is 11.7 Å². The Morgan fingerprint density at radius 2 is 1.85 bits per heavy atom. The van der Waals surface area contributed by atoms with Crippen molar-refractivity contribution in [2.75, 3.05) is 39.3 Å². The van der Waals surface area contributed by atoms with Crippen LogP contribution < -0.4 is 5.73 Å². The number of hydrogen-bond acceptors (Lipinski definition) is 3. The number of halogens is 3. The number of rotatable bonds is 3. The summed E-state index contributed by atoms with van der Waals surface area (Å²) in [7, 11) is 0. The first-order valence-electron chi connectivity index (χ1n) is 7.59. The Kier molecular flexibility index (Phi) is 4.97. The van der Waals surface area contributed by atoms with Gasteiger partial charge in [0, 0.05) is 38.3 Å². The molecule has 1 saturated heterocycles. The molecule has 0 aromatic heterocycles. The lowest BCUT2D eigenvalue weighted by Crippen LogP contribution is -2.62. The van der Waals surface area contributed by atoms with Gasteiger partial charge in [0.1, 0.15) is 0 Å². The number of nitrogens with two attached hydrogens (primary N) is 1. The number of alkyl halides is 3. The fourth-order valence-electron chi connectivity index (χ4n) is 3.87. The molecule has 0 amide bonds. The van der Waals surface area contributed by atoms with Gasteiger partial charge in [-0.2, -0.15) is 13.2 Å². The van der Waals surface area contributed by atoms with Crippen molar-refractivity contribution >= 4 is 0 Å². The Labute approximate surface area is 119 Å². The lowest BCUT2D eigenvalue weighted by atomic mass is 9.75. The van der Waals surface area contributed by atoms with Gasteiger partial charge in [-0.25, -0.2) is 0 Å². The van der Waals surface area contributed by atoms with E-state index in [9.17, 15) is 13.2 Å². The van der Waals surface area contributed by atoms with Gasteiger partial charge in [-0.05, 0) is 18.8 Å². The zero-order valence-electron chi connectivity index (χ0n) is 12.3. The molecule has 2 unspecified atom stereocenters. The highest BCUT2D eigenvalue weighted by atomic mass is 19.4. The molecule has 0 aromatic carbocycles. The second-order valence-corrected chi connectivity index (χ2v) is 6.51. The summed E-state index contributed by atoms with van der Waals surface area (Å²) in [6.45, 7) is 4.50. The van der Waals surface area contributed by atoms with Crippen LogP contribution in [0.3, 0.4) is 0 Å². The van der Waals surface area contributed by atoms with E-state index in [0.717, 1.165) is 12.8 Å². The lowest BCUT2D eigenvalue weighted by Gasteiger charge is -2.50. The van der Waals surface area contributed by atoms with Crippen molar-refractivity contribution in [1.82, 2.24) is 9.80 Å². The third kappa shape index (κ3) is 3.86. The summed E-state index contributed by atoms with van der Waals surface area (Å²) in [6, 6.07) is 0. The number of piperazine rings is 1. The molecule has 2 rings (SSSR count). The van der Waals surface area contributed by atoms with Crippen LogP contribution in [0.1, 0.15) is 32.6 Å². The maximum Gasteiger partial charge on any atom is 0.401 e.